The number of allylic oxidation sites excluding steroid dienone is 1. The molecule has 0 radical (unpaired) electrons. The first-order valence-corrected chi connectivity index (χ1v) is 34.9. The molecule has 1 saturated heterocycles. The molecule has 0 saturated carbocycles. The summed E-state index contributed by atoms with van der Waals surface area (Å²) in [6.45, 7) is 3.85. The van der Waals surface area contributed by atoms with E-state index in [4.69, 9.17) is 9.47 Å². The van der Waals surface area contributed by atoms with Gasteiger partial charge in [0.1, 0.15) is 24.4 Å². The smallest absolute Gasteiger partial charge is 0.220 e. The van der Waals surface area contributed by atoms with Crippen LogP contribution in [0.5, 0.6) is 0 Å². The summed E-state index contributed by atoms with van der Waals surface area (Å²) in [6.07, 6.45) is 68.9. The van der Waals surface area contributed by atoms with E-state index < -0.39 is 49.5 Å². The van der Waals surface area contributed by atoms with E-state index in [0.717, 1.165) is 38.5 Å². The van der Waals surface area contributed by atoms with E-state index in [1.807, 2.05) is 6.08 Å². The molecule has 0 spiro atoms. The number of rotatable bonds is 62. The predicted octanol–water partition coefficient (Wildman–Crippen LogP) is 18.7. The van der Waals surface area contributed by atoms with Crippen molar-refractivity contribution in [1.29, 1.82) is 0 Å². The van der Waals surface area contributed by atoms with Crippen LogP contribution >= 0.6 is 0 Å². The lowest BCUT2D eigenvalue weighted by atomic mass is 9.99. The molecule has 1 aliphatic heterocycles. The number of carbonyl (C=O) groups excluding carboxylic acids is 1. The van der Waals surface area contributed by atoms with Crippen molar-refractivity contribution in [3.05, 3.63) is 12.2 Å². The molecule has 0 aromatic heterocycles. The maximum atomic E-state index is 13.1. The van der Waals surface area contributed by atoms with Gasteiger partial charge in [-0.25, -0.2) is 0 Å². The molecule has 1 rings (SSSR count). The fourth-order valence-electron chi connectivity index (χ4n) is 11.6. The van der Waals surface area contributed by atoms with E-state index in [-0.39, 0.29) is 12.5 Å². The largest absolute Gasteiger partial charge is 0.394 e. The second kappa shape index (κ2) is 59.1. The molecule has 0 aromatic carbocycles. The molecule has 7 atom stereocenters. The molecule has 0 aromatic rings. The van der Waals surface area contributed by atoms with Crippen molar-refractivity contribution in [3.63, 3.8) is 0 Å². The zero-order valence-electron chi connectivity index (χ0n) is 52.0. The van der Waals surface area contributed by atoms with Crippen molar-refractivity contribution in [2.75, 3.05) is 13.2 Å². The summed E-state index contributed by atoms with van der Waals surface area (Å²) in [5.74, 6) is -0.167. The van der Waals surface area contributed by atoms with E-state index in [1.165, 1.54) is 308 Å². The minimum atomic E-state index is -1.56. The first-order chi connectivity index (χ1) is 38.3. The molecule has 464 valence electrons. The van der Waals surface area contributed by atoms with Crippen LogP contribution in [-0.2, 0) is 14.3 Å². The lowest BCUT2D eigenvalue weighted by Crippen LogP contribution is -2.60. The van der Waals surface area contributed by atoms with Gasteiger partial charge in [0.15, 0.2) is 6.29 Å². The number of aliphatic hydroxyl groups is 5. The molecule has 1 aliphatic rings. The third-order valence-electron chi connectivity index (χ3n) is 17.1. The average Bonchev–Trinajstić information content (AvgIpc) is 3.45. The minimum absolute atomic E-state index is 0.167. The normalized spacial score (nSPS) is 18.6. The molecule has 0 aliphatic carbocycles. The van der Waals surface area contributed by atoms with E-state index in [1.54, 1.807) is 6.08 Å². The number of unbranched alkanes of at least 4 members (excludes halogenated alkanes) is 52. The van der Waals surface area contributed by atoms with Crippen LogP contribution in [0.2, 0.25) is 0 Å². The second-order valence-corrected chi connectivity index (χ2v) is 24.7. The van der Waals surface area contributed by atoms with Gasteiger partial charge in [-0.3, -0.25) is 4.79 Å². The van der Waals surface area contributed by atoms with Crippen LogP contribution < -0.4 is 5.32 Å². The third-order valence-corrected chi connectivity index (χ3v) is 17.1. The first-order valence-electron chi connectivity index (χ1n) is 34.9. The maximum Gasteiger partial charge on any atom is 0.220 e. The molecule has 9 heteroatoms. The van der Waals surface area contributed by atoms with Crippen molar-refractivity contribution >= 4 is 5.91 Å². The monoisotopic (exact) mass is 1110 g/mol. The van der Waals surface area contributed by atoms with Gasteiger partial charge >= 0.3 is 0 Å². The van der Waals surface area contributed by atoms with Gasteiger partial charge in [-0.15, -0.1) is 0 Å². The maximum absolute atomic E-state index is 13.1. The van der Waals surface area contributed by atoms with Crippen LogP contribution in [0.4, 0.5) is 0 Å². The molecule has 78 heavy (non-hydrogen) atoms. The fourth-order valence-corrected chi connectivity index (χ4v) is 11.6. The number of carbonyl (C=O) groups is 1. The highest BCUT2D eigenvalue weighted by molar-refractivity contribution is 5.76. The summed E-state index contributed by atoms with van der Waals surface area (Å²) in [6, 6.07) is -0.802. The zero-order valence-corrected chi connectivity index (χ0v) is 52.0. The van der Waals surface area contributed by atoms with Crippen molar-refractivity contribution in [2.24, 2.45) is 0 Å². The summed E-state index contributed by atoms with van der Waals surface area (Å²) in [5, 5.41) is 54.8. The standard InChI is InChI=1S/C69H135NO8/c1-3-5-7-9-11-13-15-17-19-21-23-25-27-29-30-31-32-33-35-36-38-40-42-44-46-48-50-52-54-56-58-63(72)62(61-77-69-68(76)67(75)66(74)64(60-71)78-69)70-65(73)59-57-55-53-51-49-47-45-43-41-39-37-34-28-26-24-22-20-18-16-14-12-10-8-6-4-2/h56,58,62-64,66-69,71-72,74-76H,3-55,57,59-61H2,1-2H3,(H,70,73)/b58-56+. The van der Waals surface area contributed by atoms with Crippen LogP contribution in [0.25, 0.3) is 0 Å². The Kier molecular flexibility index (Phi) is 56.8. The fraction of sp³-hybridized carbons (Fsp3) is 0.957. The lowest BCUT2D eigenvalue weighted by molar-refractivity contribution is -0.302. The highest BCUT2D eigenvalue weighted by Crippen LogP contribution is 2.24. The van der Waals surface area contributed by atoms with Crippen molar-refractivity contribution in [2.45, 2.75) is 410 Å². The molecule has 1 fully saturated rings. The summed E-state index contributed by atoms with van der Waals surface area (Å²) < 4.78 is 11.3. The Morgan fingerprint density at radius 3 is 1.00 bits per heavy atom. The van der Waals surface area contributed by atoms with Crippen LogP contribution in [0.1, 0.15) is 367 Å². The second-order valence-electron chi connectivity index (χ2n) is 24.7. The summed E-state index contributed by atoms with van der Waals surface area (Å²) in [7, 11) is 0. The Hall–Kier alpha value is -1.07. The number of ether oxygens (including phenoxy) is 2. The molecule has 7 unspecified atom stereocenters. The SMILES string of the molecule is CCCCCCCCCCCCCCCCCCCCCCCCCCCCCC/C=C/C(O)C(COC1OC(CO)C(O)C(O)C1O)NC(=O)CCCCCCCCCCCCCCCCCCCCCCCCCCC. The number of aliphatic hydroxyl groups excluding tert-OH is 5. The topological polar surface area (TPSA) is 149 Å². The summed E-state index contributed by atoms with van der Waals surface area (Å²) in [5.41, 5.74) is 0. The quantitative estimate of drug-likeness (QED) is 0.0261. The summed E-state index contributed by atoms with van der Waals surface area (Å²) >= 11 is 0. The molecule has 6 N–H and O–H groups in total. The Morgan fingerprint density at radius 1 is 0.423 bits per heavy atom. The lowest BCUT2D eigenvalue weighted by Gasteiger charge is -2.40. The molecule has 9 nitrogen and oxygen atoms in total. The van der Waals surface area contributed by atoms with Gasteiger partial charge < -0.3 is 40.3 Å². The van der Waals surface area contributed by atoms with Gasteiger partial charge in [-0.05, 0) is 19.3 Å². The molecular formula is C69H135NO8. The highest BCUT2D eigenvalue weighted by atomic mass is 16.7. The van der Waals surface area contributed by atoms with Gasteiger partial charge in [0.05, 0.1) is 25.4 Å². The van der Waals surface area contributed by atoms with Gasteiger partial charge in [0, 0.05) is 6.42 Å². The number of amides is 1. The number of hydrogen-bond donors (Lipinski definition) is 6. The van der Waals surface area contributed by atoms with Gasteiger partial charge in [-0.2, -0.15) is 0 Å². The average molecular weight is 1110 g/mol. The van der Waals surface area contributed by atoms with Gasteiger partial charge in [-0.1, -0.05) is 353 Å². The van der Waals surface area contributed by atoms with Gasteiger partial charge in [0.2, 0.25) is 5.91 Å². The third kappa shape index (κ3) is 47.4. The highest BCUT2D eigenvalue weighted by Gasteiger charge is 2.44. The van der Waals surface area contributed by atoms with Crippen molar-refractivity contribution in [1.82, 2.24) is 5.32 Å². The van der Waals surface area contributed by atoms with E-state index in [2.05, 4.69) is 19.2 Å². The van der Waals surface area contributed by atoms with Crippen molar-refractivity contribution < 1.29 is 39.8 Å². The zero-order chi connectivity index (χ0) is 56.5. The Bertz CT molecular complexity index is 1240. The van der Waals surface area contributed by atoms with E-state index in [0.29, 0.717) is 6.42 Å². The van der Waals surface area contributed by atoms with Crippen LogP contribution in [-0.4, -0.2) is 87.5 Å². The molecule has 0 bridgehead atoms. The Labute approximate surface area is 484 Å². The molecule has 1 heterocycles. The van der Waals surface area contributed by atoms with Crippen LogP contribution in [0.3, 0.4) is 0 Å². The van der Waals surface area contributed by atoms with Crippen molar-refractivity contribution in [3.8, 4) is 0 Å². The van der Waals surface area contributed by atoms with E-state index in [9.17, 15) is 30.3 Å². The Balaban J connectivity index is 2.12. The number of nitrogens with one attached hydrogen (secondary N) is 1. The van der Waals surface area contributed by atoms with E-state index >= 15 is 0 Å². The van der Waals surface area contributed by atoms with Crippen LogP contribution in [0.15, 0.2) is 12.2 Å². The van der Waals surface area contributed by atoms with Gasteiger partial charge in [0.25, 0.3) is 0 Å². The predicted molar refractivity (Wildman–Crippen MR) is 332 cm³/mol. The molecular weight excluding hydrogens is 971 g/mol. The first kappa shape index (κ1) is 74.9. The van der Waals surface area contributed by atoms with Crippen LogP contribution in [0, 0.1) is 0 Å². The molecule has 1 amide bonds. The Morgan fingerprint density at radius 2 is 0.705 bits per heavy atom. The number of hydrogen-bond acceptors (Lipinski definition) is 8. The minimum Gasteiger partial charge on any atom is -0.394 e. The summed E-state index contributed by atoms with van der Waals surface area (Å²) in [4.78, 5) is 13.1.